The summed E-state index contributed by atoms with van der Waals surface area (Å²) in [6, 6.07) is 6.43. The van der Waals surface area contributed by atoms with Gasteiger partial charge in [-0.2, -0.15) is 4.31 Å². The van der Waals surface area contributed by atoms with E-state index in [2.05, 4.69) is 19.2 Å². The lowest BCUT2D eigenvalue weighted by atomic mass is 9.94. The number of carbonyl (C=O) groups excluding carboxylic acids is 1. The van der Waals surface area contributed by atoms with Crippen LogP contribution in [0.25, 0.3) is 0 Å². The first-order valence-corrected chi connectivity index (χ1v) is 10.6. The number of benzene rings is 1. The van der Waals surface area contributed by atoms with E-state index in [9.17, 15) is 13.2 Å². The number of nitrogens with zero attached hydrogens (tertiary/aromatic N) is 1. The van der Waals surface area contributed by atoms with Crippen molar-refractivity contribution in [2.45, 2.75) is 57.9 Å². The third-order valence-corrected chi connectivity index (χ3v) is 6.76. The third-order valence-electron chi connectivity index (χ3n) is 4.91. The quantitative estimate of drug-likeness (QED) is 0.840. The van der Waals surface area contributed by atoms with Crippen LogP contribution in [0, 0.1) is 11.8 Å². The van der Waals surface area contributed by atoms with Crippen LogP contribution in [0.5, 0.6) is 0 Å². The number of nitrogens with one attached hydrogen (secondary N) is 1. The summed E-state index contributed by atoms with van der Waals surface area (Å²) in [5.74, 6) is 0.574. The van der Waals surface area contributed by atoms with Crippen LogP contribution in [-0.2, 0) is 10.0 Å². The summed E-state index contributed by atoms with van der Waals surface area (Å²) in [5, 5.41) is 2.97. The molecule has 1 fully saturated rings. The fourth-order valence-electron chi connectivity index (χ4n) is 3.49. The number of carbonyl (C=O) groups is 1. The molecule has 6 heteroatoms. The maximum absolute atomic E-state index is 12.9. The fourth-order valence-corrected chi connectivity index (χ4v) is 5.17. The van der Waals surface area contributed by atoms with Gasteiger partial charge in [0.2, 0.25) is 10.0 Å². The van der Waals surface area contributed by atoms with Gasteiger partial charge in [-0.1, -0.05) is 27.7 Å². The monoisotopic (exact) mass is 366 g/mol. The average Bonchev–Trinajstić information content (AvgIpc) is 2.58. The largest absolute Gasteiger partial charge is 0.349 e. The molecule has 2 atom stereocenters. The molecule has 1 heterocycles. The molecule has 1 N–H and O–H groups in total. The Hall–Kier alpha value is -1.40. The summed E-state index contributed by atoms with van der Waals surface area (Å²) in [6.07, 6.45) is 2.81. The second-order valence-electron chi connectivity index (χ2n) is 7.28. The third kappa shape index (κ3) is 4.82. The van der Waals surface area contributed by atoms with Crippen molar-refractivity contribution in [1.29, 1.82) is 0 Å². The zero-order chi connectivity index (χ0) is 18.6. The Morgan fingerprint density at radius 2 is 1.64 bits per heavy atom. The normalized spacial score (nSPS) is 22.1. The van der Waals surface area contributed by atoms with Gasteiger partial charge >= 0.3 is 0 Å². The standard InChI is InChI=1S/C19H30N2O3S/c1-5-17(6-2)20-19(22)16-7-9-18(10-8-16)25(23,24)21-12-14(3)11-15(4)13-21/h7-10,14-15,17H,5-6,11-13H2,1-4H3,(H,20,22). The van der Waals surface area contributed by atoms with E-state index in [0.717, 1.165) is 19.3 Å². The van der Waals surface area contributed by atoms with E-state index in [4.69, 9.17) is 0 Å². The van der Waals surface area contributed by atoms with Crippen molar-refractivity contribution < 1.29 is 13.2 Å². The van der Waals surface area contributed by atoms with Crippen LogP contribution in [0.1, 0.15) is 57.3 Å². The Kier molecular flexibility index (Phi) is 6.63. The molecular weight excluding hydrogens is 336 g/mol. The predicted molar refractivity (Wildman–Crippen MR) is 100.0 cm³/mol. The van der Waals surface area contributed by atoms with Gasteiger partial charge in [0.25, 0.3) is 5.91 Å². The highest BCUT2D eigenvalue weighted by Gasteiger charge is 2.31. The minimum Gasteiger partial charge on any atom is -0.349 e. The Morgan fingerprint density at radius 3 is 2.12 bits per heavy atom. The van der Waals surface area contributed by atoms with Crippen molar-refractivity contribution in [3.63, 3.8) is 0 Å². The van der Waals surface area contributed by atoms with Crippen molar-refractivity contribution in [3.8, 4) is 0 Å². The molecule has 25 heavy (non-hydrogen) atoms. The molecule has 1 amide bonds. The van der Waals surface area contributed by atoms with Crippen LogP contribution in [0.4, 0.5) is 0 Å². The molecule has 1 aliphatic rings. The van der Waals surface area contributed by atoms with Gasteiger partial charge < -0.3 is 5.32 Å². The molecule has 1 saturated heterocycles. The number of piperidine rings is 1. The highest BCUT2D eigenvalue weighted by molar-refractivity contribution is 7.89. The first-order chi connectivity index (χ1) is 11.8. The van der Waals surface area contributed by atoms with Gasteiger partial charge in [-0.05, 0) is 55.4 Å². The predicted octanol–water partition coefficient (Wildman–Crippen LogP) is 3.27. The SMILES string of the molecule is CCC(CC)NC(=O)c1ccc(S(=O)(=O)N2CC(C)CC(C)C2)cc1. The number of sulfonamides is 1. The molecule has 0 spiro atoms. The summed E-state index contributed by atoms with van der Waals surface area (Å²) in [7, 11) is -3.50. The van der Waals surface area contributed by atoms with Gasteiger partial charge in [-0.25, -0.2) is 8.42 Å². The van der Waals surface area contributed by atoms with Gasteiger partial charge in [0, 0.05) is 24.7 Å². The molecule has 0 aliphatic carbocycles. The van der Waals surface area contributed by atoms with Crippen molar-refractivity contribution >= 4 is 15.9 Å². The summed E-state index contributed by atoms with van der Waals surface area (Å²) in [5.41, 5.74) is 0.492. The van der Waals surface area contributed by atoms with E-state index in [1.807, 2.05) is 13.8 Å². The van der Waals surface area contributed by atoms with E-state index < -0.39 is 10.0 Å². The molecular formula is C19H30N2O3S. The molecule has 0 radical (unpaired) electrons. The zero-order valence-corrected chi connectivity index (χ0v) is 16.5. The molecule has 2 rings (SSSR count). The highest BCUT2D eigenvalue weighted by atomic mass is 32.2. The lowest BCUT2D eigenvalue weighted by molar-refractivity contribution is 0.0934. The summed E-state index contributed by atoms with van der Waals surface area (Å²) < 4.78 is 27.3. The van der Waals surface area contributed by atoms with Crippen molar-refractivity contribution in [2.75, 3.05) is 13.1 Å². The Balaban J connectivity index is 2.14. The van der Waals surface area contributed by atoms with Gasteiger partial charge in [-0.3, -0.25) is 4.79 Å². The van der Waals surface area contributed by atoms with Crippen molar-refractivity contribution in [3.05, 3.63) is 29.8 Å². The van der Waals surface area contributed by atoms with E-state index in [0.29, 0.717) is 30.5 Å². The molecule has 0 saturated carbocycles. The van der Waals surface area contributed by atoms with Gasteiger partial charge in [-0.15, -0.1) is 0 Å². The molecule has 1 aromatic carbocycles. The maximum atomic E-state index is 12.9. The number of hydrogen-bond donors (Lipinski definition) is 1. The second-order valence-corrected chi connectivity index (χ2v) is 9.22. The Morgan fingerprint density at radius 1 is 1.12 bits per heavy atom. The van der Waals surface area contributed by atoms with Crippen LogP contribution >= 0.6 is 0 Å². The second kappa shape index (κ2) is 8.32. The summed E-state index contributed by atoms with van der Waals surface area (Å²) in [6.45, 7) is 9.36. The zero-order valence-electron chi connectivity index (χ0n) is 15.7. The van der Waals surface area contributed by atoms with Crippen LogP contribution in [-0.4, -0.2) is 37.8 Å². The number of hydrogen-bond acceptors (Lipinski definition) is 3. The minimum absolute atomic E-state index is 0.146. The van der Waals surface area contributed by atoms with Gasteiger partial charge in [0.05, 0.1) is 4.90 Å². The topological polar surface area (TPSA) is 66.5 Å². The molecule has 1 aromatic rings. The average molecular weight is 367 g/mol. The molecule has 5 nitrogen and oxygen atoms in total. The first kappa shape index (κ1) is 19.9. The lowest BCUT2D eigenvalue weighted by Crippen LogP contribution is -2.42. The van der Waals surface area contributed by atoms with Gasteiger partial charge in [0.1, 0.15) is 0 Å². The van der Waals surface area contributed by atoms with Crippen molar-refractivity contribution in [1.82, 2.24) is 9.62 Å². The summed E-state index contributed by atoms with van der Waals surface area (Å²) in [4.78, 5) is 12.5. The van der Waals surface area contributed by atoms with Crippen LogP contribution in [0.15, 0.2) is 29.2 Å². The Labute approximate surface area is 151 Å². The smallest absolute Gasteiger partial charge is 0.251 e. The lowest BCUT2D eigenvalue weighted by Gasteiger charge is -2.34. The van der Waals surface area contributed by atoms with Crippen molar-refractivity contribution in [2.24, 2.45) is 11.8 Å². The molecule has 1 aliphatic heterocycles. The summed E-state index contributed by atoms with van der Waals surface area (Å²) >= 11 is 0. The fraction of sp³-hybridized carbons (Fsp3) is 0.632. The van der Waals surface area contributed by atoms with Crippen LogP contribution in [0.3, 0.4) is 0 Å². The van der Waals surface area contributed by atoms with E-state index in [1.165, 1.54) is 0 Å². The molecule has 140 valence electrons. The van der Waals surface area contributed by atoms with E-state index >= 15 is 0 Å². The molecule has 0 bridgehead atoms. The first-order valence-electron chi connectivity index (χ1n) is 9.19. The molecule has 0 aromatic heterocycles. The maximum Gasteiger partial charge on any atom is 0.251 e. The number of amides is 1. The van der Waals surface area contributed by atoms with Gasteiger partial charge in [0.15, 0.2) is 0 Å². The number of rotatable bonds is 6. The minimum atomic E-state index is -3.50. The van der Waals surface area contributed by atoms with E-state index in [1.54, 1.807) is 28.6 Å². The van der Waals surface area contributed by atoms with E-state index in [-0.39, 0.29) is 16.8 Å². The molecule has 2 unspecified atom stereocenters. The van der Waals surface area contributed by atoms with Crippen LogP contribution < -0.4 is 5.32 Å². The van der Waals surface area contributed by atoms with Crippen LogP contribution in [0.2, 0.25) is 0 Å². The Bertz CT molecular complexity index is 671. The highest BCUT2D eigenvalue weighted by Crippen LogP contribution is 2.26.